The predicted molar refractivity (Wildman–Crippen MR) is 95.1 cm³/mol. The van der Waals surface area contributed by atoms with Gasteiger partial charge in [0.15, 0.2) is 6.61 Å². The van der Waals surface area contributed by atoms with Gasteiger partial charge in [-0.3, -0.25) is 19.7 Å². The zero-order valence-corrected chi connectivity index (χ0v) is 14.6. The number of thiophene rings is 1. The largest absolute Gasteiger partial charge is 0.452 e. The van der Waals surface area contributed by atoms with Crippen LogP contribution in [-0.4, -0.2) is 36.8 Å². The topological polar surface area (TPSA) is 92.8 Å². The standard InChI is InChI=1S/C18H16N2O5S/c21-15(19-17(23)14-6-3-9-26-14)11-25-18(24)12-4-1-5-13(10-12)20-8-2-7-16(20)22/h1,3-6,9-10H,2,7-8,11H2,(H,19,21,23). The van der Waals surface area contributed by atoms with E-state index in [1.54, 1.807) is 46.7 Å². The first-order valence-corrected chi connectivity index (χ1v) is 8.88. The van der Waals surface area contributed by atoms with Crippen LogP contribution in [0.5, 0.6) is 0 Å². The quantitative estimate of drug-likeness (QED) is 0.810. The summed E-state index contributed by atoms with van der Waals surface area (Å²) >= 11 is 1.20. The van der Waals surface area contributed by atoms with Crippen LogP contribution in [0.15, 0.2) is 41.8 Å². The monoisotopic (exact) mass is 372 g/mol. The van der Waals surface area contributed by atoms with Crippen molar-refractivity contribution < 1.29 is 23.9 Å². The summed E-state index contributed by atoms with van der Waals surface area (Å²) in [5.74, 6) is -1.92. The van der Waals surface area contributed by atoms with Gasteiger partial charge in [-0.1, -0.05) is 12.1 Å². The first kappa shape index (κ1) is 17.8. The average molecular weight is 372 g/mol. The molecular formula is C18H16N2O5S. The second kappa shape index (κ2) is 7.92. The van der Waals surface area contributed by atoms with Crippen LogP contribution in [0.4, 0.5) is 5.69 Å². The highest BCUT2D eigenvalue weighted by molar-refractivity contribution is 7.12. The van der Waals surface area contributed by atoms with Gasteiger partial charge in [0.25, 0.3) is 11.8 Å². The van der Waals surface area contributed by atoms with Gasteiger partial charge in [0.1, 0.15) is 0 Å². The highest BCUT2D eigenvalue weighted by Crippen LogP contribution is 2.22. The van der Waals surface area contributed by atoms with Gasteiger partial charge in [-0.2, -0.15) is 0 Å². The number of hydrogen-bond donors (Lipinski definition) is 1. The minimum Gasteiger partial charge on any atom is -0.452 e. The maximum Gasteiger partial charge on any atom is 0.338 e. The van der Waals surface area contributed by atoms with E-state index in [4.69, 9.17) is 4.74 Å². The Morgan fingerprint density at radius 2 is 2.04 bits per heavy atom. The molecule has 134 valence electrons. The van der Waals surface area contributed by atoms with Crippen molar-refractivity contribution in [1.82, 2.24) is 5.32 Å². The first-order valence-electron chi connectivity index (χ1n) is 8.00. The number of carbonyl (C=O) groups is 4. The molecular weight excluding hydrogens is 356 g/mol. The lowest BCUT2D eigenvalue weighted by atomic mass is 10.2. The Morgan fingerprint density at radius 1 is 1.19 bits per heavy atom. The van der Waals surface area contributed by atoms with Crippen molar-refractivity contribution in [2.75, 3.05) is 18.1 Å². The summed E-state index contributed by atoms with van der Waals surface area (Å²) in [5.41, 5.74) is 0.860. The average Bonchev–Trinajstić information content (AvgIpc) is 3.31. The molecule has 1 saturated heterocycles. The third-order valence-corrected chi connectivity index (χ3v) is 4.67. The van der Waals surface area contributed by atoms with Crippen molar-refractivity contribution in [2.24, 2.45) is 0 Å². The summed E-state index contributed by atoms with van der Waals surface area (Å²) in [6.45, 7) is 0.0490. The fourth-order valence-corrected chi connectivity index (χ4v) is 3.19. The van der Waals surface area contributed by atoms with Gasteiger partial charge in [-0.25, -0.2) is 4.79 Å². The zero-order valence-electron chi connectivity index (χ0n) is 13.8. The van der Waals surface area contributed by atoms with Crippen LogP contribution < -0.4 is 10.2 Å². The first-order chi connectivity index (χ1) is 12.5. The SMILES string of the molecule is O=C(COC(=O)c1cccc(N2CCCC2=O)c1)NC(=O)c1cccs1. The van der Waals surface area contributed by atoms with Gasteiger partial charge in [0.2, 0.25) is 5.91 Å². The van der Waals surface area contributed by atoms with Crippen LogP contribution in [-0.2, 0) is 14.3 Å². The molecule has 2 heterocycles. The summed E-state index contributed by atoms with van der Waals surface area (Å²) in [5, 5.41) is 3.87. The molecule has 1 aliphatic rings. The summed E-state index contributed by atoms with van der Waals surface area (Å²) in [6.07, 6.45) is 1.28. The fraction of sp³-hybridized carbons (Fsp3) is 0.222. The van der Waals surface area contributed by atoms with E-state index in [9.17, 15) is 19.2 Å². The molecule has 1 fully saturated rings. The predicted octanol–water partition coefficient (Wildman–Crippen LogP) is 1.99. The molecule has 0 spiro atoms. The van der Waals surface area contributed by atoms with E-state index in [0.29, 0.717) is 23.5 Å². The van der Waals surface area contributed by atoms with E-state index >= 15 is 0 Å². The van der Waals surface area contributed by atoms with E-state index in [-0.39, 0.29) is 11.5 Å². The number of rotatable bonds is 5. The molecule has 0 unspecified atom stereocenters. The van der Waals surface area contributed by atoms with E-state index in [0.717, 1.165) is 6.42 Å². The summed E-state index contributed by atoms with van der Waals surface area (Å²) < 4.78 is 4.95. The van der Waals surface area contributed by atoms with Gasteiger partial charge in [-0.05, 0) is 36.1 Å². The maximum atomic E-state index is 12.1. The third-order valence-electron chi connectivity index (χ3n) is 3.80. The summed E-state index contributed by atoms with van der Waals surface area (Å²) in [7, 11) is 0. The molecule has 3 amide bonds. The number of ether oxygens (including phenoxy) is 1. The Kier molecular flexibility index (Phi) is 5.43. The van der Waals surface area contributed by atoms with Crippen molar-refractivity contribution >= 4 is 40.7 Å². The van der Waals surface area contributed by atoms with Gasteiger partial charge in [-0.15, -0.1) is 11.3 Å². The second-order valence-electron chi connectivity index (χ2n) is 5.63. The molecule has 7 nitrogen and oxygen atoms in total. The number of amides is 3. The Balaban J connectivity index is 1.55. The van der Waals surface area contributed by atoms with E-state index in [2.05, 4.69) is 5.32 Å². The highest BCUT2D eigenvalue weighted by atomic mass is 32.1. The van der Waals surface area contributed by atoms with Crippen LogP contribution in [0.2, 0.25) is 0 Å². The molecule has 8 heteroatoms. The highest BCUT2D eigenvalue weighted by Gasteiger charge is 2.22. The molecule has 1 N–H and O–H groups in total. The number of imide groups is 1. The Labute approximate surface area is 153 Å². The lowest BCUT2D eigenvalue weighted by Gasteiger charge is -2.16. The smallest absolute Gasteiger partial charge is 0.338 e. The molecule has 1 aromatic heterocycles. The lowest BCUT2D eigenvalue weighted by molar-refractivity contribution is -0.123. The second-order valence-corrected chi connectivity index (χ2v) is 6.58. The van der Waals surface area contributed by atoms with Crippen molar-refractivity contribution in [2.45, 2.75) is 12.8 Å². The van der Waals surface area contributed by atoms with E-state index < -0.39 is 24.4 Å². The molecule has 0 atom stereocenters. The molecule has 0 saturated carbocycles. The minimum absolute atomic E-state index is 0.0157. The molecule has 26 heavy (non-hydrogen) atoms. The summed E-state index contributed by atoms with van der Waals surface area (Å²) in [4.78, 5) is 49.4. The number of anilines is 1. The van der Waals surface area contributed by atoms with Crippen LogP contribution in [0.3, 0.4) is 0 Å². The normalized spacial score (nSPS) is 13.5. The van der Waals surface area contributed by atoms with Gasteiger partial charge in [0, 0.05) is 18.7 Å². The van der Waals surface area contributed by atoms with Gasteiger partial charge >= 0.3 is 5.97 Å². The Hall–Kier alpha value is -3.00. The van der Waals surface area contributed by atoms with E-state index in [1.807, 2.05) is 0 Å². The number of nitrogens with zero attached hydrogens (tertiary/aromatic N) is 1. The van der Waals surface area contributed by atoms with Crippen LogP contribution >= 0.6 is 11.3 Å². The minimum atomic E-state index is -0.706. The zero-order chi connectivity index (χ0) is 18.5. The Morgan fingerprint density at radius 3 is 2.73 bits per heavy atom. The van der Waals surface area contributed by atoms with Crippen LogP contribution in [0.1, 0.15) is 32.9 Å². The van der Waals surface area contributed by atoms with Gasteiger partial charge < -0.3 is 9.64 Å². The van der Waals surface area contributed by atoms with Crippen molar-refractivity contribution in [3.8, 4) is 0 Å². The molecule has 0 bridgehead atoms. The lowest BCUT2D eigenvalue weighted by Crippen LogP contribution is -2.33. The van der Waals surface area contributed by atoms with Crippen LogP contribution in [0, 0.1) is 0 Å². The molecule has 3 rings (SSSR count). The maximum absolute atomic E-state index is 12.1. The number of benzene rings is 1. The number of carbonyl (C=O) groups excluding carboxylic acids is 4. The summed E-state index contributed by atoms with van der Waals surface area (Å²) in [6, 6.07) is 9.78. The van der Waals surface area contributed by atoms with Crippen LogP contribution in [0.25, 0.3) is 0 Å². The number of hydrogen-bond acceptors (Lipinski definition) is 6. The van der Waals surface area contributed by atoms with Crippen molar-refractivity contribution in [3.05, 3.63) is 52.2 Å². The molecule has 0 radical (unpaired) electrons. The fourth-order valence-electron chi connectivity index (χ4n) is 2.57. The van der Waals surface area contributed by atoms with Crippen molar-refractivity contribution in [3.63, 3.8) is 0 Å². The third kappa shape index (κ3) is 4.15. The number of esters is 1. The molecule has 0 aliphatic carbocycles. The molecule has 1 aromatic carbocycles. The Bertz CT molecular complexity index is 847. The van der Waals surface area contributed by atoms with Gasteiger partial charge in [0.05, 0.1) is 10.4 Å². The molecule has 2 aromatic rings. The van der Waals surface area contributed by atoms with E-state index in [1.165, 1.54) is 11.3 Å². The molecule has 1 aliphatic heterocycles. The van der Waals surface area contributed by atoms with Crippen molar-refractivity contribution in [1.29, 1.82) is 0 Å². The number of nitrogens with one attached hydrogen (secondary N) is 1.